The molecule has 0 aliphatic carbocycles. The van der Waals surface area contributed by atoms with Gasteiger partial charge in [0.25, 0.3) is 10.1 Å². The van der Waals surface area contributed by atoms with E-state index in [9.17, 15) is 22.8 Å². The Morgan fingerprint density at radius 1 is 1.04 bits per heavy atom. The third-order valence-corrected chi connectivity index (χ3v) is 3.95. The van der Waals surface area contributed by atoms with Gasteiger partial charge in [-0.25, -0.2) is 0 Å². The van der Waals surface area contributed by atoms with Gasteiger partial charge in [-0.05, 0) is 33.4 Å². The van der Waals surface area contributed by atoms with Crippen molar-refractivity contribution < 1.29 is 27.4 Å². The van der Waals surface area contributed by atoms with E-state index >= 15 is 0 Å². The van der Waals surface area contributed by atoms with Crippen LogP contribution in [0.15, 0.2) is 0 Å². The van der Waals surface area contributed by atoms with Gasteiger partial charge in [0.1, 0.15) is 0 Å². The minimum absolute atomic E-state index is 0.262. The van der Waals surface area contributed by atoms with Gasteiger partial charge in [-0.2, -0.15) is 8.42 Å². The molecule has 10 heteroatoms. The molecular weight excluding hydrogens is 338 g/mol. The van der Waals surface area contributed by atoms with Crippen LogP contribution in [0, 0.1) is 0 Å². The lowest BCUT2D eigenvalue weighted by Gasteiger charge is -2.15. The maximum atomic E-state index is 11.8. The molecule has 140 valence electrons. The molecule has 0 saturated carbocycles. The molecule has 0 radical (unpaired) electrons. The second kappa shape index (κ2) is 11.9. The summed E-state index contributed by atoms with van der Waals surface area (Å²) < 4.78 is 29.6. The van der Waals surface area contributed by atoms with E-state index in [0.29, 0.717) is 6.42 Å². The van der Waals surface area contributed by atoms with Crippen LogP contribution in [0.2, 0.25) is 0 Å². The number of carbonyl (C=O) groups excluding carboxylic acids is 3. The van der Waals surface area contributed by atoms with Gasteiger partial charge in [-0.3, -0.25) is 18.9 Å². The Morgan fingerprint density at radius 2 is 1.71 bits per heavy atom. The molecule has 0 aromatic rings. The number of hydrogen-bond donors (Lipinski definition) is 4. The molecule has 2 amide bonds. The third-order valence-electron chi connectivity index (χ3n) is 3.23. The van der Waals surface area contributed by atoms with Gasteiger partial charge in [-0.1, -0.05) is 6.42 Å². The first-order chi connectivity index (χ1) is 11.2. The van der Waals surface area contributed by atoms with Crippen LogP contribution in [0.4, 0.5) is 0 Å². The fraction of sp³-hybridized carbons (Fsp3) is 0.786. The molecule has 0 bridgehead atoms. The summed E-state index contributed by atoms with van der Waals surface area (Å²) in [6, 6.07) is -0.944. The topological polar surface area (TPSA) is 142 Å². The highest BCUT2D eigenvalue weighted by molar-refractivity contribution is 7.85. The van der Waals surface area contributed by atoms with Crippen molar-refractivity contribution in [3.8, 4) is 0 Å². The summed E-state index contributed by atoms with van der Waals surface area (Å²) >= 11 is 0. The quantitative estimate of drug-likeness (QED) is 0.248. The van der Waals surface area contributed by atoms with Crippen molar-refractivity contribution in [3.63, 3.8) is 0 Å². The van der Waals surface area contributed by atoms with E-state index in [1.165, 1.54) is 6.92 Å². The maximum absolute atomic E-state index is 11.8. The van der Waals surface area contributed by atoms with Crippen LogP contribution in [-0.4, -0.2) is 62.5 Å². The molecule has 0 aliphatic heterocycles. The monoisotopic (exact) mass is 365 g/mol. The van der Waals surface area contributed by atoms with Gasteiger partial charge in [0.05, 0.1) is 18.2 Å². The summed E-state index contributed by atoms with van der Waals surface area (Å²) in [5.41, 5.74) is 0. The number of ketones is 1. The second-order valence-corrected chi connectivity index (χ2v) is 7.06. The molecule has 0 aliphatic rings. The Bertz CT molecular complexity index is 521. The molecule has 24 heavy (non-hydrogen) atoms. The molecule has 1 unspecified atom stereocenters. The zero-order chi connectivity index (χ0) is 18.6. The van der Waals surface area contributed by atoms with E-state index in [4.69, 9.17) is 4.55 Å². The van der Waals surface area contributed by atoms with Gasteiger partial charge in [0.2, 0.25) is 11.8 Å². The Kier molecular flexibility index (Phi) is 11.2. The summed E-state index contributed by atoms with van der Waals surface area (Å²) in [5, 5.41) is 7.80. The van der Waals surface area contributed by atoms with E-state index in [2.05, 4.69) is 16.0 Å². The fourth-order valence-corrected chi connectivity index (χ4v) is 2.26. The average Bonchev–Trinajstić information content (AvgIpc) is 2.44. The van der Waals surface area contributed by atoms with Crippen molar-refractivity contribution in [3.05, 3.63) is 0 Å². The molecule has 0 aromatic heterocycles. The minimum Gasteiger partial charge on any atom is -0.355 e. The summed E-state index contributed by atoms with van der Waals surface area (Å²) in [5.74, 6) is -1.84. The maximum Gasteiger partial charge on any atom is 0.266 e. The highest BCUT2D eigenvalue weighted by Crippen LogP contribution is 2.01. The molecule has 0 heterocycles. The lowest BCUT2D eigenvalue weighted by molar-refractivity contribution is -0.129. The zero-order valence-corrected chi connectivity index (χ0v) is 14.9. The van der Waals surface area contributed by atoms with E-state index in [1.54, 1.807) is 0 Å². The first-order valence-electron chi connectivity index (χ1n) is 7.82. The van der Waals surface area contributed by atoms with Crippen LogP contribution < -0.4 is 16.0 Å². The van der Waals surface area contributed by atoms with E-state index in [1.807, 2.05) is 7.05 Å². The Labute approximate surface area is 142 Å². The predicted molar refractivity (Wildman–Crippen MR) is 89.0 cm³/mol. The fourth-order valence-electron chi connectivity index (χ4n) is 1.90. The first-order valence-corrected chi connectivity index (χ1v) is 9.43. The van der Waals surface area contributed by atoms with Crippen LogP contribution in [0.1, 0.15) is 39.0 Å². The van der Waals surface area contributed by atoms with E-state index in [-0.39, 0.29) is 31.1 Å². The van der Waals surface area contributed by atoms with E-state index < -0.39 is 27.8 Å². The number of unbranched alkanes of at least 4 members (excludes halogenated alkanes) is 2. The SMILES string of the molecule is CNCCCCCC(=O)NC(CC(=O)NCCS(=O)(=O)O)C(C)=O. The van der Waals surface area contributed by atoms with Crippen LogP contribution in [-0.2, 0) is 24.5 Å². The zero-order valence-electron chi connectivity index (χ0n) is 14.1. The molecule has 0 aromatic carbocycles. The lowest BCUT2D eigenvalue weighted by Crippen LogP contribution is -2.43. The molecule has 0 saturated heterocycles. The molecule has 0 spiro atoms. The van der Waals surface area contributed by atoms with Crippen LogP contribution >= 0.6 is 0 Å². The highest BCUT2D eigenvalue weighted by atomic mass is 32.2. The van der Waals surface area contributed by atoms with Crippen molar-refractivity contribution in [2.24, 2.45) is 0 Å². The standard InChI is InChI=1S/C14H27N3O6S/c1-11(18)12(10-14(20)16-8-9-24(21,22)23)17-13(19)6-4-3-5-7-15-2/h12,15H,3-10H2,1-2H3,(H,16,20)(H,17,19)(H,21,22,23). The summed E-state index contributed by atoms with van der Waals surface area (Å²) in [7, 11) is -2.30. The number of rotatable bonds is 13. The number of hydrogen-bond acceptors (Lipinski definition) is 6. The van der Waals surface area contributed by atoms with Gasteiger partial charge in [0, 0.05) is 13.0 Å². The van der Waals surface area contributed by atoms with Gasteiger partial charge in [-0.15, -0.1) is 0 Å². The Balaban J connectivity index is 4.18. The Morgan fingerprint density at radius 3 is 2.25 bits per heavy atom. The average molecular weight is 365 g/mol. The van der Waals surface area contributed by atoms with Crippen molar-refractivity contribution >= 4 is 27.7 Å². The first kappa shape index (κ1) is 22.5. The Hall–Kier alpha value is -1.52. The van der Waals surface area contributed by atoms with Crippen molar-refractivity contribution in [2.45, 2.75) is 45.1 Å². The highest BCUT2D eigenvalue weighted by Gasteiger charge is 2.20. The number of nitrogens with one attached hydrogen (secondary N) is 3. The number of carbonyl (C=O) groups is 3. The van der Waals surface area contributed by atoms with Crippen LogP contribution in [0.3, 0.4) is 0 Å². The molecule has 4 N–H and O–H groups in total. The largest absolute Gasteiger partial charge is 0.355 e. The third kappa shape index (κ3) is 13.0. The number of Topliss-reactive ketones (excluding diaryl/α,β-unsaturated/α-hetero) is 1. The molecule has 1 atom stereocenters. The summed E-state index contributed by atoms with van der Waals surface area (Å²) in [4.78, 5) is 35.0. The van der Waals surface area contributed by atoms with Crippen molar-refractivity contribution in [1.29, 1.82) is 0 Å². The molecule has 9 nitrogen and oxygen atoms in total. The molecule has 0 rings (SSSR count). The predicted octanol–water partition coefficient (Wildman–Crippen LogP) is -0.766. The lowest BCUT2D eigenvalue weighted by atomic mass is 10.1. The summed E-state index contributed by atoms with van der Waals surface area (Å²) in [6.07, 6.45) is 2.54. The molecular formula is C14H27N3O6S. The van der Waals surface area contributed by atoms with Gasteiger partial charge < -0.3 is 16.0 Å². The number of amides is 2. The van der Waals surface area contributed by atoms with Crippen LogP contribution in [0.25, 0.3) is 0 Å². The van der Waals surface area contributed by atoms with Crippen LogP contribution in [0.5, 0.6) is 0 Å². The molecule has 0 fully saturated rings. The van der Waals surface area contributed by atoms with Gasteiger partial charge in [0.15, 0.2) is 5.78 Å². The smallest absolute Gasteiger partial charge is 0.266 e. The van der Waals surface area contributed by atoms with E-state index in [0.717, 1.165) is 19.4 Å². The van der Waals surface area contributed by atoms with Gasteiger partial charge >= 0.3 is 0 Å². The normalized spacial score (nSPS) is 12.5. The second-order valence-electron chi connectivity index (χ2n) is 5.49. The summed E-state index contributed by atoms with van der Waals surface area (Å²) in [6.45, 7) is 1.88. The van der Waals surface area contributed by atoms with Crippen molar-refractivity contribution in [2.75, 3.05) is 25.9 Å². The van der Waals surface area contributed by atoms with Crippen molar-refractivity contribution in [1.82, 2.24) is 16.0 Å². The minimum atomic E-state index is -4.16.